The van der Waals surface area contributed by atoms with E-state index in [4.69, 9.17) is 15.2 Å². The lowest BCUT2D eigenvalue weighted by Crippen LogP contribution is -2.29. The van der Waals surface area contributed by atoms with Crippen molar-refractivity contribution in [2.45, 2.75) is 23.7 Å². The van der Waals surface area contributed by atoms with Crippen molar-refractivity contribution in [1.29, 1.82) is 10.5 Å². The Morgan fingerprint density at radius 1 is 1.24 bits per heavy atom. The van der Waals surface area contributed by atoms with Crippen molar-refractivity contribution < 1.29 is 23.4 Å². The minimum atomic E-state index is -2.58. The molecule has 10 heteroatoms. The lowest BCUT2D eigenvalue weighted by Gasteiger charge is -2.16. The van der Waals surface area contributed by atoms with E-state index in [0.29, 0.717) is 23.1 Å². The lowest BCUT2D eigenvalue weighted by atomic mass is 9.97. The molecule has 0 radical (unpaired) electrons. The fourth-order valence-corrected chi connectivity index (χ4v) is 3.58. The molecule has 2 atom stereocenters. The van der Waals surface area contributed by atoms with Crippen molar-refractivity contribution in [3.05, 3.63) is 35.4 Å². The van der Waals surface area contributed by atoms with Crippen LogP contribution < -0.4 is 10.5 Å². The van der Waals surface area contributed by atoms with Crippen LogP contribution in [0, 0.1) is 22.7 Å². The minimum Gasteiger partial charge on any atom is -0.485 e. The monoisotopic (exact) mass is 418 g/mol. The molecule has 1 aromatic heterocycles. The van der Waals surface area contributed by atoms with Gasteiger partial charge in [-0.25, -0.2) is 13.8 Å². The minimum absolute atomic E-state index is 0.00349. The van der Waals surface area contributed by atoms with Crippen molar-refractivity contribution in [1.82, 2.24) is 4.98 Å². The summed E-state index contributed by atoms with van der Waals surface area (Å²) >= 11 is 0.707. The third-order valence-electron chi connectivity index (χ3n) is 4.19. The normalized spacial score (nSPS) is 18.4. The third kappa shape index (κ3) is 4.57. The average molecular weight is 418 g/mol. The van der Waals surface area contributed by atoms with Gasteiger partial charge in [-0.15, -0.1) is 0 Å². The number of nitrogens with two attached hydrogens (primary N) is 1. The van der Waals surface area contributed by atoms with E-state index in [-0.39, 0.29) is 40.7 Å². The van der Waals surface area contributed by atoms with Crippen molar-refractivity contribution in [3.8, 4) is 29.0 Å². The van der Waals surface area contributed by atoms with Crippen molar-refractivity contribution in [2.24, 2.45) is 0 Å². The van der Waals surface area contributed by atoms with Crippen LogP contribution in [0.2, 0.25) is 0 Å². The van der Waals surface area contributed by atoms with E-state index in [2.05, 4.69) is 4.98 Å². The van der Waals surface area contributed by atoms with Crippen LogP contribution in [0.4, 0.5) is 14.6 Å². The maximum Gasteiger partial charge on any atom is 0.247 e. The number of aromatic nitrogens is 1. The Labute approximate surface area is 169 Å². The van der Waals surface area contributed by atoms with Gasteiger partial charge in [-0.05, 0) is 17.7 Å². The standard InChI is InChI=1S/C19H16F2N4O3S/c20-16(21)9-29-19-13(6-23)17(12(5-22)18(24)25-19)10-1-3-11(4-2-10)28-15-8-27-7-14(15)26/h1-4,14-16,26H,7-9H2,(H2,24,25). The number of pyridine rings is 1. The number of hydrogen-bond acceptors (Lipinski definition) is 8. The Morgan fingerprint density at radius 3 is 2.48 bits per heavy atom. The van der Waals surface area contributed by atoms with Crippen LogP contribution >= 0.6 is 11.8 Å². The molecular weight excluding hydrogens is 402 g/mol. The molecule has 1 fully saturated rings. The van der Waals surface area contributed by atoms with Gasteiger partial charge < -0.3 is 20.3 Å². The lowest BCUT2D eigenvalue weighted by molar-refractivity contribution is 0.0733. The van der Waals surface area contributed by atoms with Crippen LogP contribution in [-0.4, -0.2) is 47.7 Å². The number of hydrogen-bond donors (Lipinski definition) is 2. The molecule has 3 rings (SSSR count). The van der Waals surface area contributed by atoms with Gasteiger partial charge in [0, 0.05) is 5.56 Å². The Balaban J connectivity index is 1.98. The summed E-state index contributed by atoms with van der Waals surface area (Å²) in [4.78, 5) is 3.96. The largest absolute Gasteiger partial charge is 0.485 e. The molecule has 0 saturated carbocycles. The van der Waals surface area contributed by atoms with E-state index in [1.54, 1.807) is 24.3 Å². The van der Waals surface area contributed by atoms with Crippen LogP contribution in [0.5, 0.6) is 5.75 Å². The number of ether oxygens (including phenoxy) is 2. The Kier molecular flexibility index (Phi) is 6.49. The summed E-state index contributed by atoms with van der Waals surface area (Å²) < 4.78 is 36.0. The molecule has 0 bridgehead atoms. The highest BCUT2D eigenvalue weighted by atomic mass is 32.2. The zero-order valence-electron chi connectivity index (χ0n) is 15.0. The van der Waals surface area contributed by atoms with Gasteiger partial charge in [0.05, 0.1) is 24.5 Å². The van der Waals surface area contributed by atoms with Crippen LogP contribution in [0.15, 0.2) is 29.3 Å². The first kappa shape index (κ1) is 20.8. The van der Waals surface area contributed by atoms with Gasteiger partial charge in [-0.3, -0.25) is 0 Å². The van der Waals surface area contributed by atoms with Crippen LogP contribution in [0.25, 0.3) is 11.1 Å². The summed E-state index contributed by atoms with van der Waals surface area (Å²) in [7, 11) is 0. The summed E-state index contributed by atoms with van der Waals surface area (Å²) in [5.41, 5.74) is 6.57. The number of aliphatic hydroxyl groups is 1. The fraction of sp³-hybridized carbons (Fsp3) is 0.316. The molecule has 29 heavy (non-hydrogen) atoms. The van der Waals surface area contributed by atoms with Crippen LogP contribution in [0.1, 0.15) is 11.1 Å². The summed E-state index contributed by atoms with van der Waals surface area (Å²) in [6, 6.07) is 10.4. The summed E-state index contributed by atoms with van der Waals surface area (Å²) in [5.74, 6) is -0.218. The van der Waals surface area contributed by atoms with E-state index < -0.39 is 24.4 Å². The second-order valence-corrected chi connectivity index (χ2v) is 7.15. The molecule has 0 spiro atoms. The maximum absolute atomic E-state index is 12.6. The maximum atomic E-state index is 12.6. The highest BCUT2D eigenvalue weighted by Crippen LogP contribution is 2.36. The summed E-state index contributed by atoms with van der Waals surface area (Å²) in [6.45, 7) is 0.473. The van der Waals surface area contributed by atoms with E-state index >= 15 is 0 Å². The second-order valence-electron chi connectivity index (χ2n) is 6.14. The molecule has 1 aliphatic heterocycles. The first-order valence-electron chi connectivity index (χ1n) is 8.52. The average Bonchev–Trinajstić information content (AvgIpc) is 3.10. The van der Waals surface area contributed by atoms with Gasteiger partial charge in [-0.1, -0.05) is 23.9 Å². The molecule has 3 N–H and O–H groups in total. The smallest absolute Gasteiger partial charge is 0.247 e. The number of halogens is 2. The first-order valence-corrected chi connectivity index (χ1v) is 9.50. The molecule has 0 aliphatic carbocycles. The van der Waals surface area contributed by atoms with E-state index in [1.165, 1.54) is 0 Å². The van der Waals surface area contributed by atoms with Gasteiger partial charge in [0.15, 0.2) is 0 Å². The molecule has 1 saturated heterocycles. The molecule has 2 heterocycles. The fourth-order valence-electron chi connectivity index (χ4n) is 2.84. The van der Waals surface area contributed by atoms with Crippen LogP contribution in [0.3, 0.4) is 0 Å². The Bertz CT molecular complexity index is 973. The predicted octanol–water partition coefficient (Wildman–Crippen LogP) is 2.57. The van der Waals surface area contributed by atoms with Gasteiger partial charge in [0.25, 0.3) is 0 Å². The highest BCUT2D eigenvalue weighted by molar-refractivity contribution is 7.99. The third-order valence-corrected chi connectivity index (χ3v) is 5.18. The van der Waals surface area contributed by atoms with Gasteiger partial charge in [0.2, 0.25) is 6.43 Å². The summed E-state index contributed by atoms with van der Waals surface area (Å²) in [5, 5.41) is 28.9. The molecule has 1 aromatic carbocycles. The molecule has 0 amide bonds. The van der Waals surface area contributed by atoms with Gasteiger partial charge in [0.1, 0.15) is 46.5 Å². The van der Waals surface area contributed by atoms with Crippen molar-refractivity contribution in [2.75, 3.05) is 24.7 Å². The predicted molar refractivity (Wildman–Crippen MR) is 101 cm³/mol. The number of thioether (sulfide) groups is 1. The number of alkyl halides is 2. The SMILES string of the molecule is N#Cc1c(N)nc(SCC(F)F)c(C#N)c1-c1ccc(OC2COCC2O)cc1. The molecular formula is C19H16F2N4O3S. The van der Waals surface area contributed by atoms with Crippen LogP contribution in [-0.2, 0) is 4.74 Å². The highest BCUT2D eigenvalue weighted by Gasteiger charge is 2.28. The van der Waals surface area contributed by atoms with Gasteiger partial charge in [-0.2, -0.15) is 10.5 Å². The Hall–Kier alpha value is -2.92. The summed E-state index contributed by atoms with van der Waals surface area (Å²) in [6.07, 6.45) is -3.79. The van der Waals surface area contributed by atoms with Gasteiger partial charge >= 0.3 is 0 Å². The second kappa shape index (κ2) is 9.05. The van der Waals surface area contributed by atoms with Crippen molar-refractivity contribution >= 4 is 17.6 Å². The number of rotatable bonds is 6. The Morgan fingerprint density at radius 2 is 1.93 bits per heavy atom. The number of nitriles is 2. The van der Waals surface area contributed by atoms with Crippen molar-refractivity contribution in [3.63, 3.8) is 0 Å². The van der Waals surface area contributed by atoms with E-state index in [0.717, 1.165) is 0 Å². The quantitative estimate of drug-likeness (QED) is 0.686. The molecule has 150 valence electrons. The topological polar surface area (TPSA) is 125 Å². The van der Waals surface area contributed by atoms with E-state index in [1.807, 2.05) is 12.1 Å². The number of nitrogens with zero attached hydrogens (tertiary/aromatic N) is 3. The number of aliphatic hydroxyl groups excluding tert-OH is 1. The zero-order chi connectivity index (χ0) is 21.0. The number of nitrogen functional groups attached to an aromatic ring is 1. The number of benzene rings is 1. The number of anilines is 1. The molecule has 2 unspecified atom stereocenters. The molecule has 1 aliphatic rings. The van der Waals surface area contributed by atoms with E-state index in [9.17, 15) is 24.4 Å². The molecule has 7 nitrogen and oxygen atoms in total. The molecule has 2 aromatic rings. The zero-order valence-corrected chi connectivity index (χ0v) is 15.8. The first-order chi connectivity index (χ1) is 13.9.